The minimum Gasteiger partial charge on any atom is -0.505 e. The van der Waals surface area contributed by atoms with Crippen LogP contribution in [0.15, 0.2) is 66.7 Å². The summed E-state index contributed by atoms with van der Waals surface area (Å²) in [7, 11) is -1.57. The molecule has 2 aromatic carbocycles. The predicted octanol–water partition coefficient (Wildman–Crippen LogP) is 2.22. The van der Waals surface area contributed by atoms with Gasteiger partial charge in [-0.3, -0.25) is 0 Å². The monoisotopic (exact) mass is 281 g/mol. The van der Waals surface area contributed by atoms with Crippen LogP contribution in [0.5, 0.6) is 0 Å². The Hall–Kier alpha value is -2.13. The molecule has 0 heterocycles. The quantitative estimate of drug-likeness (QED) is 0.634. The largest absolute Gasteiger partial charge is 0.505 e. The first kappa shape index (κ1) is 14.3. The molecule has 2 nitrogen and oxygen atoms in total. The normalized spacial score (nSPS) is 10.3. The van der Waals surface area contributed by atoms with Crippen LogP contribution in [0.25, 0.3) is 0 Å². The lowest BCUT2D eigenvalue weighted by Crippen LogP contribution is -2.46. The molecule has 0 aliphatic heterocycles. The zero-order chi connectivity index (χ0) is 14.5. The van der Waals surface area contributed by atoms with Crippen LogP contribution >= 0.6 is 0 Å². The summed E-state index contributed by atoms with van der Waals surface area (Å²) in [5.41, 5.74) is 1.62. The van der Waals surface area contributed by atoms with Crippen LogP contribution in [0.4, 0.5) is 0 Å². The fourth-order valence-corrected chi connectivity index (χ4v) is 3.65. The average Bonchev–Trinajstić information content (AvgIpc) is 2.46. The Morgan fingerprint density at radius 3 is 2.10 bits per heavy atom. The molecule has 20 heavy (non-hydrogen) atoms. The van der Waals surface area contributed by atoms with Gasteiger partial charge in [0.2, 0.25) is 0 Å². The van der Waals surface area contributed by atoms with E-state index in [0.717, 1.165) is 10.4 Å². The Balaban J connectivity index is 2.36. The molecule has 1 radical (unpaired) electrons. The van der Waals surface area contributed by atoms with E-state index in [9.17, 15) is 4.79 Å². The summed E-state index contributed by atoms with van der Waals surface area (Å²) in [6.45, 7) is 7.36. The summed E-state index contributed by atoms with van der Waals surface area (Å²) in [6.07, 6.45) is 0. The molecular weight excluding hydrogens is 264 g/mol. The number of carbonyl (C=O) groups excluding carboxylic acids is 1. The van der Waals surface area contributed by atoms with Gasteiger partial charge < -0.3 is 4.43 Å². The molecular formula is C17H17O2Si. The van der Waals surface area contributed by atoms with Crippen LogP contribution in [-0.4, -0.2) is 15.0 Å². The molecule has 0 aliphatic carbocycles. The Morgan fingerprint density at radius 1 is 1.00 bits per heavy atom. The maximum atomic E-state index is 11.9. The molecule has 3 heteroatoms. The van der Waals surface area contributed by atoms with E-state index in [1.54, 1.807) is 6.92 Å². The SMILES string of the molecule is C=C(C)C(=O)O[Si](c1ccccc1)c1ccc(C)cc1. The Kier molecular flexibility index (Phi) is 4.53. The molecule has 0 N–H and O–H groups in total. The second-order valence-electron chi connectivity index (χ2n) is 4.73. The van der Waals surface area contributed by atoms with Crippen molar-refractivity contribution in [1.82, 2.24) is 0 Å². The van der Waals surface area contributed by atoms with E-state index in [4.69, 9.17) is 4.43 Å². The van der Waals surface area contributed by atoms with Crippen molar-refractivity contribution >= 4 is 25.4 Å². The Bertz CT molecular complexity index is 603. The summed E-state index contributed by atoms with van der Waals surface area (Å²) in [5, 5.41) is 2.11. The molecule has 0 aliphatic rings. The first-order chi connectivity index (χ1) is 9.58. The summed E-state index contributed by atoms with van der Waals surface area (Å²) in [4.78, 5) is 11.9. The third kappa shape index (κ3) is 3.45. The molecule has 101 valence electrons. The molecule has 2 rings (SSSR count). The van der Waals surface area contributed by atoms with Crippen molar-refractivity contribution in [2.75, 3.05) is 0 Å². The molecule has 2 aromatic rings. The van der Waals surface area contributed by atoms with Gasteiger partial charge in [0.05, 0.1) is 0 Å². The highest BCUT2D eigenvalue weighted by Crippen LogP contribution is 2.01. The van der Waals surface area contributed by atoms with Gasteiger partial charge in [-0.25, -0.2) is 4.79 Å². The van der Waals surface area contributed by atoms with Gasteiger partial charge in [-0.05, 0) is 24.2 Å². The smallest absolute Gasteiger partial charge is 0.356 e. The van der Waals surface area contributed by atoms with Gasteiger partial charge in [-0.2, -0.15) is 0 Å². The van der Waals surface area contributed by atoms with Gasteiger partial charge >= 0.3 is 15.0 Å². The van der Waals surface area contributed by atoms with E-state index in [0.29, 0.717) is 5.57 Å². The van der Waals surface area contributed by atoms with Crippen molar-refractivity contribution in [1.29, 1.82) is 0 Å². The average molecular weight is 281 g/mol. The second-order valence-corrected chi connectivity index (χ2v) is 6.75. The number of rotatable bonds is 4. The minimum atomic E-state index is -1.57. The lowest BCUT2D eigenvalue weighted by molar-refractivity contribution is -0.130. The van der Waals surface area contributed by atoms with Gasteiger partial charge in [0, 0.05) is 5.57 Å². The first-order valence-corrected chi connectivity index (χ1v) is 7.86. The minimum absolute atomic E-state index is 0.330. The van der Waals surface area contributed by atoms with E-state index in [1.165, 1.54) is 5.56 Å². The second kappa shape index (κ2) is 6.35. The lowest BCUT2D eigenvalue weighted by atomic mass is 10.2. The summed E-state index contributed by atoms with van der Waals surface area (Å²) in [6, 6.07) is 18.0. The van der Waals surface area contributed by atoms with Crippen LogP contribution in [-0.2, 0) is 9.22 Å². The standard InChI is InChI=1S/C17H17O2Si/c1-13(2)17(18)19-20(15-7-5-4-6-8-15)16-11-9-14(3)10-12-16/h4-12H,1H2,2-3H3. The highest BCUT2D eigenvalue weighted by Gasteiger charge is 2.23. The van der Waals surface area contributed by atoms with Gasteiger partial charge in [-0.1, -0.05) is 66.7 Å². The van der Waals surface area contributed by atoms with Gasteiger partial charge in [0.25, 0.3) is 0 Å². The van der Waals surface area contributed by atoms with Crippen molar-refractivity contribution < 1.29 is 9.22 Å². The maximum absolute atomic E-state index is 11.9. The number of hydrogen-bond acceptors (Lipinski definition) is 2. The third-order valence-corrected chi connectivity index (χ3v) is 5.00. The van der Waals surface area contributed by atoms with Crippen LogP contribution in [0, 0.1) is 6.92 Å². The summed E-state index contributed by atoms with van der Waals surface area (Å²) < 4.78 is 5.69. The van der Waals surface area contributed by atoms with Gasteiger partial charge in [0.1, 0.15) is 0 Å². The lowest BCUT2D eigenvalue weighted by Gasteiger charge is -2.16. The Labute approximate surface area is 121 Å². The highest BCUT2D eigenvalue weighted by molar-refractivity contribution is 6.81. The number of hydrogen-bond donors (Lipinski definition) is 0. The summed E-state index contributed by atoms with van der Waals surface area (Å²) in [5.74, 6) is -0.330. The molecule has 0 spiro atoms. The van der Waals surface area contributed by atoms with Crippen LogP contribution in [0.1, 0.15) is 12.5 Å². The number of aryl methyl sites for hydroxylation is 1. The third-order valence-electron chi connectivity index (χ3n) is 2.89. The number of benzene rings is 2. The van der Waals surface area contributed by atoms with Crippen molar-refractivity contribution in [2.45, 2.75) is 13.8 Å². The van der Waals surface area contributed by atoms with E-state index in [-0.39, 0.29) is 5.97 Å². The fourth-order valence-electron chi connectivity index (χ4n) is 1.76. The molecule has 0 amide bonds. The zero-order valence-corrected chi connectivity index (χ0v) is 12.7. The predicted molar refractivity (Wildman–Crippen MR) is 83.5 cm³/mol. The van der Waals surface area contributed by atoms with Crippen molar-refractivity contribution in [3.05, 3.63) is 72.3 Å². The summed E-state index contributed by atoms with van der Waals surface area (Å²) >= 11 is 0. The highest BCUT2D eigenvalue weighted by atomic mass is 28.3. The van der Waals surface area contributed by atoms with Crippen molar-refractivity contribution in [2.24, 2.45) is 0 Å². The number of carbonyl (C=O) groups is 1. The van der Waals surface area contributed by atoms with E-state index >= 15 is 0 Å². The molecule has 0 unspecified atom stereocenters. The van der Waals surface area contributed by atoms with Gasteiger partial charge in [0.15, 0.2) is 0 Å². The van der Waals surface area contributed by atoms with Crippen LogP contribution in [0.3, 0.4) is 0 Å². The molecule has 0 bridgehead atoms. The van der Waals surface area contributed by atoms with E-state index < -0.39 is 9.04 Å². The molecule has 0 fully saturated rings. The molecule has 0 aromatic heterocycles. The van der Waals surface area contributed by atoms with Crippen LogP contribution < -0.4 is 10.4 Å². The molecule has 0 atom stereocenters. The fraction of sp³-hybridized carbons (Fsp3) is 0.118. The van der Waals surface area contributed by atoms with Crippen LogP contribution in [0.2, 0.25) is 0 Å². The Morgan fingerprint density at radius 2 is 1.55 bits per heavy atom. The topological polar surface area (TPSA) is 26.3 Å². The maximum Gasteiger partial charge on any atom is 0.356 e. The molecule has 0 saturated heterocycles. The first-order valence-electron chi connectivity index (χ1n) is 6.45. The van der Waals surface area contributed by atoms with E-state index in [2.05, 4.69) is 6.58 Å². The van der Waals surface area contributed by atoms with Crippen molar-refractivity contribution in [3.8, 4) is 0 Å². The molecule has 0 saturated carbocycles. The van der Waals surface area contributed by atoms with E-state index in [1.807, 2.05) is 61.5 Å². The van der Waals surface area contributed by atoms with Gasteiger partial charge in [-0.15, -0.1) is 0 Å². The zero-order valence-electron chi connectivity index (χ0n) is 11.7. The van der Waals surface area contributed by atoms with Crippen molar-refractivity contribution in [3.63, 3.8) is 0 Å².